The number of carbonyl (C=O) groups excluding carboxylic acids is 1. The van der Waals surface area contributed by atoms with Crippen LogP contribution in [-0.4, -0.2) is 42.1 Å². The third-order valence-electron chi connectivity index (χ3n) is 3.27. The number of nitrogens with zero attached hydrogens (tertiary/aromatic N) is 1. The Morgan fingerprint density at radius 1 is 1.50 bits per heavy atom. The van der Waals surface area contributed by atoms with Gasteiger partial charge in [0.05, 0.1) is 6.10 Å². The van der Waals surface area contributed by atoms with E-state index < -0.39 is 0 Å². The summed E-state index contributed by atoms with van der Waals surface area (Å²) in [6.07, 6.45) is 4.67. The van der Waals surface area contributed by atoms with Crippen LogP contribution in [0.15, 0.2) is 0 Å². The molecular weight excluding hydrogens is 228 g/mol. The van der Waals surface area contributed by atoms with Gasteiger partial charge in [-0.2, -0.15) is 0 Å². The first-order valence-corrected chi connectivity index (χ1v) is 7.10. The third-order valence-corrected chi connectivity index (χ3v) is 3.27. The van der Waals surface area contributed by atoms with Crippen LogP contribution in [0, 0.1) is 0 Å². The molecule has 0 aliphatic carbocycles. The first-order valence-electron chi connectivity index (χ1n) is 7.10. The van der Waals surface area contributed by atoms with E-state index in [0.29, 0.717) is 6.42 Å². The number of nitrogens with two attached hydrogens (primary N) is 1. The van der Waals surface area contributed by atoms with Crippen molar-refractivity contribution in [2.24, 2.45) is 5.73 Å². The number of rotatable bonds is 6. The van der Waals surface area contributed by atoms with Gasteiger partial charge in [-0.1, -0.05) is 6.92 Å². The fraction of sp³-hybridized carbons (Fsp3) is 0.929. The second-order valence-corrected chi connectivity index (χ2v) is 5.96. The van der Waals surface area contributed by atoms with Crippen LogP contribution in [0.1, 0.15) is 52.9 Å². The van der Waals surface area contributed by atoms with Crippen LogP contribution in [0.4, 0.5) is 0 Å². The quantitative estimate of drug-likeness (QED) is 0.790. The Morgan fingerprint density at radius 2 is 2.22 bits per heavy atom. The second kappa shape index (κ2) is 7.10. The molecule has 0 bridgehead atoms. The number of ether oxygens (including phenoxy) is 1. The molecule has 0 saturated carbocycles. The highest BCUT2D eigenvalue weighted by molar-refractivity contribution is 5.76. The molecule has 1 aliphatic rings. The highest BCUT2D eigenvalue weighted by Crippen LogP contribution is 2.16. The molecule has 0 radical (unpaired) electrons. The number of likely N-dealkylation sites (tertiary alicyclic amines) is 1. The minimum Gasteiger partial charge on any atom is -0.376 e. The summed E-state index contributed by atoms with van der Waals surface area (Å²) in [6, 6.07) is 0. The molecule has 106 valence electrons. The molecule has 1 amide bonds. The largest absolute Gasteiger partial charge is 0.376 e. The molecule has 2 N–H and O–H groups in total. The molecule has 4 heteroatoms. The zero-order valence-corrected chi connectivity index (χ0v) is 12.1. The molecule has 0 aromatic heterocycles. The van der Waals surface area contributed by atoms with Crippen molar-refractivity contribution in [3.8, 4) is 0 Å². The van der Waals surface area contributed by atoms with E-state index in [2.05, 4.69) is 6.92 Å². The van der Waals surface area contributed by atoms with Crippen LogP contribution in [-0.2, 0) is 9.53 Å². The maximum atomic E-state index is 12.1. The van der Waals surface area contributed by atoms with Crippen molar-refractivity contribution in [3.63, 3.8) is 0 Å². The fourth-order valence-electron chi connectivity index (χ4n) is 2.17. The van der Waals surface area contributed by atoms with Crippen molar-refractivity contribution < 1.29 is 9.53 Å². The molecule has 1 saturated heterocycles. The lowest BCUT2D eigenvalue weighted by Gasteiger charge is -2.33. The molecule has 1 rings (SSSR count). The number of carbonyl (C=O) groups is 1. The van der Waals surface area contributed by atoms with E-state index in [4.69, 9.17) is 10.5 Å². The van der Waals surface area contributed by atoms with Gasteiger partial charge in [0.1, 0.15) is 0 Å². The number of hydrogen-bond acceptors (Lipinski definition) is 3. The average molecular weight is 256 g/mol. The lowest BCUT2D eigenvalue weighted by Crippen LogP contribution is -2.44. The molecular formula is C14H28N2O2. The molecule has 1 aliphatic heterocycles. The summed E-state index contributed by atoms with van der Waals surface area (Å²) in [5.74, 6) is 0.221. The van der Waals surface area contributed by atoms with Crippen LogP contribution >= 0.6 is 0 Å². The Morgan fingerprint density at radius 3 is 2.83 bits per heavy atom. The summed E-state index contributed by atoms with van der Waals surface area (Å²) >= 11 is 0. The molecule has 4 nitrogen and oxygen atoms in total. The topological polar surface area (TPSA) is 55.6 Å². The Balaban J connectivity index is 2.34. The van der Waals surface area contributed by atoms with Crippen LogP contribution < -0.4 is 5.73 Å². The number of piperidine rings is 1. The molecule has 1 atom stereocenters. The maximum Gasteiger partial charge on any atom is 0.222 e. The minimum atomic E-state index is -0.260. The standard InChI is InChI=1S/C14H28N2O2/c1-4-10-18-12-6-5-9-16(11-12)13(17)7-8-14(2,3)15/h12H,4-11,15H2,1-3H3. The lowest BCUT2D eigenvalue weighted by molar-refractivity contribution is -0.135. The van der Waals surface area contributed by atoms with Crippen LogP contribution in [0.2, 0.25) is 0 Å². The van der Waals surface area contributed by atoms with Crippen LogP contribution in [0.25, 0.3) is 0 Å². The molecule has 0 spiro atoms. The van der Waals surface area contributed by atoms with E-state index in [1.54, 1.807) is 0 Å². The Kier molecular flexibility index (Phi) is 6.09. The highest BCUT2D eigenvalue weighted by Gasteiger charge is 2.24. The van der Waals surface area contributed by atoms with Crippen molar-refractivity contribution in [2.45, 2.75) is 64.5 Å². The van der Waals surface area contributed by atoms with Gasteiger partial charge in [0.15, 0.2) is 0 Å². The molecule has 18 heavy (non-hydrogen) atoms. The SMILES string of the molecule is CCCOC1CCCN(C(=O)CCC(C)(C)N)C1. The summed E-state index contributed by atoms with van der Waals surface area (Å²) in [4.78, 5) is 14.0. The Hall–Kier alpha value is -0.610. The van der Waals surface area contributed by atoms with Gasteiger partial charge in [0.2, 0.25) is 5.91 Å². The lowest BCUT2D eigenvalue weighted by atomic mass is 9.99. The van der Waals surface area contributed by atoms with Crippen molar-refractivity contribution in [2.75, 3.05) is 19.7 Å². The van der Waals surface area contributed by atoms with Gasteiger partial charge >= 0.3 is 0 Å². The summed E-state index contributed by atoms with van der Waals surface area (Å²) in [7, 11) is 0. The fourth-order valence-corrected chi connectivity index (χ4v) is 2.17. The Bertz CT molecular complexity index is 261. The van der Waals surface area contributed by atoms with E-state index in [1.165, 1.54) is 0 Å². The summed E-state index contributed by atoms with van der Waals surface area (Å²) < 4.78 is 5.74. The van der Waals surface area contributed by atoms with Gasteiger partial charge in [-0.25, -0.2) is 0 Å². The molecule has 1 fully saturated rings. The first-order chi connectivity index (χ1) is 8.42. The van der Waals surface area contributed by atoms with E-state index in [0.717, 1.165) is 45.4 Å². The maximum absolute atomic E-state index is 12.1. The van der Waals surface area contributed by atoms with Crippen molar-refractivity contribution in [1.29, 1.82) is 0 Å². The minimum absolute atomic E-state index is 0.221. The number of hydrogen-bond donors (Lipinski definition) is 1. The van der Waals surface area contributed by atoms with Crippen molar-refractivity contribution in [1.82, 2.24) is 4.90 Å². The monoisotopic (exact) mass is 256 g/mol. The normalized spacial score (nSPS) is 21.1. The number of amides is 1. The van der Waals surface area contributed by atoms with Crippen LogP contribution in [0.3, 0.4) is 0 Å². The average Bonchev–Trinajstić information content (AvgIpc) is 2.33. The highest BCUT2D eigenvalue weighted by atomic mass is 16.5. The van der Waals surface area contributed by atoms with Crippen molar-refractivity contribution >= 4 is 5.91 Å². The first kappa shape index (κ1) is 15.4. The van der Waals surface area contributed by atoms with Gasteiger partial charge in [-0.15, -0.1) is 0 Å². The van der Waals surface area contributed by atoms with E-state index in [-0.39, 0.29) is 17.6 Å². The predicted octanol–water partition coefficient (Wildman–Crippen LogP) is 1.92. The smallest absolute Gasteiger partial charge is 0.222 e. The summed E-state index contributed by atoms with van der Waals surface area (Å²) in [5.41, 5.74) is 5.65. The van der Waals surface area contributed by atoms with Gasteiger partial charge in [0.25, 0.3) is 0 Å². The van der Waals surface area contributed by atoms with E-state index >= 15 is 0 Å². The van der Waals surface area contributed by atoms with E-state index in [1.807, 2.05) is 18.7 Å². The van der Waals surface area contributed by atoms with Gasteiger partial charge < -0.3 is 15.4 Å². The molecule has 1 unspecified atom stereocenters. The molecule has 1 heterocycles. The van der Waals surface area contributed by atoms with Gasteiger partial charge in [-0.3, -0.25) is 4.79 Å². The van der Waals surface area contributed by atoms with Gasteiger partial charge in [0, 0.05) is 31.7 Å². The second-order valence-electron chi connectivity index (χ2n) is 5.96. The predicted molar refractivity (Wildman–Crippen MR) is 73.3 cm³/mol. The third kappa shape index (κ3) is 5.83. The molecule has 0 aromatic carbocycles. The Labute approximate surface area is 111 Å². The van der Waals surface area contributed by atoms with Crippen molar-refractivity contribution in [3.05, 3.63) is 0 Å². The summed E-state index contributed by atoms with van der Waals surface area (Å²) in [5, 5.41) is 0. The molecule has 0 aromatic rings. The van der Waals surface area contributed by atoms with Crippen LogP contribution in [0.5, 0.6) is 0 Å². The zero-order chi connectivity index (χ0) is 13.6. The van der Waals surface area contributed by atoms with E-state index in [9.17, 15) is 4.79 Å². The zero-order valence-electron chi connectivity index (χ0n) is 12.1. The van der Waals surface area contributed by atoms with Gasteiger partial charge in [-0.05, 0) is 39.5 Å². The summed E-state index contributed by atoms with van der Waals surface area (Å²) in [6.45, 7) is 8.45.